The van der Waals surface area contributed by atoms with Crippen LogP contribution in [0.1, 0.15) is 28.4 Å². The molecule has 1 aromatic heterocycles. The van der Waals surface area contributed by atoms with Crippen molar-refractivity contribution in [3.05, 3.63) is 90.1 Å². The molecule has 2 aromatic carbocycles. The smallest absolute Gasteiger partial charge is 0.251 e. The zero-order valence-corrected chi connectivity index (χ0v) is 16.3. The first-order chi connectivity index (χ1) is 13.7. The molecule has 0 aliphatic carbocycles. The number of carbonyl (C=O) groups excluding carboxylic acids is 2. The molecular formula is C22H21N3O2S. The molecular weight excluding hydrogens is 370 g/mol. The SMILES string of the molecule is CSc1ccc(NC(=O)CC(NC(=O)c2ccccc2)c2ccccc2)cn1. The third-order valence-corrected chi connectivity index (χ3v) is 4.82. The number of hydrogen-bond acceptors (Lipinski definition) is 4. The number of benzene rings is 2. The molecule has 0 radical (unpaired) electrons. The number of aromatic nitrogens is 1. The minimum Gasteiger partial charge on any atom is -0.345 e. The first-order valence-corrected chi connectivity index (χ1v) is 10.1. The van der Waals surface area contributed by atoms with Gasteiger partial charge in [-0.25, -0.2) is 4.98 Å². The Kier molecular flexibility index (Phi) is 6.81. The highest BCUT2D eigenvalue weighted by atomic mass is 32.2. The Balaban J connectivity index is 1.71. The van der Waals surface area contributed by atoms with Crippen molar-refractivity contribution in [3.8, 4) is 0 Å². The number of hydrogen-bond donors (Lipinski definition) is 2. The molecule has 6 heteroatoms. The molecule has 2 amide bonds. The summed E-state index contributed by atoms with van der Waals surface area (Å²) in [4.78, 5) is 29.4. The first kappa shape index (κ1) is 19.6. The van der Waals surface area contributed by atoms with Crippen LogP contribution in [0.3, 0.4) is 0 Å². The second kappa shape index (κ2) is 9.71. The summed E-state index contributed by atoms with van der Waals surface area (Å²) in [5.74, 6) is -0.408. The zero-order chi connectivity index (χ0) is 19.8. The van der Waals surface area contributed by atoms with Crippen LogP contribution in [0, 0.1) is 0 Å². The molecule has 0 saturated carbocycles. The quantitative estimate of drug-likeness (QED) is 0.589. The highest BCUT2D eigenvalue weighted by molar-refractivity contribution is 7.98. The van der Waals surface area contributed by atoms with Crippen LogP contribution < -0.4 is 10.6 Å². The van der Waals surface area contributed by atoms with Gasteiger partial charge in [0.1, 0.15) is 0 Å². The standard InChI is InChI=1S/C22H21N3O2S/c1-28-21-13-12-18(15-23-21)24-20(26)14-19(16-8-4-2-5-9-16)25-22(27)17-10-6-3-7-11-17/h2-13,15,19H,14H2,1H3,(H,24,26)(H,25,27). The van der Waals surface area contributed by atoms with Gasteiger partial charge in [-0.3, -0.25) is 9.59 Å². The number of thioether (sulfide) groups is 1. The number of nitrogens with zero attached hydrogens (tertiary/aromatic N) is 1. The molecule has 0 fully saturated rings. The molecule has 0 saturated heterocycles. The van der Waals surface area contributed by atoms with E-state index in [9.17, 15) is 9.59 Å². The maximum atomic E-state index is 12.6. The molecule has 2 N–H and O–H groups in total. The van der Waals surface area contributed by atoms with Gasteiger partial charge >= 0.3 is 0 Å². The number of carbonyl (C=O) groups is 2. The summed E-state index contributed by atoms with van der Waals surface area (Å²) >= 11 is 1.54. The second-order valence-corrected chi connectivity index (χ2v) is 6.97. The molecule has 1 atom stereocenters. The highest BCUT2D eigenvalue weighted by Gasteiger charge is 2.19. The highest BCUT2D eigenvalue weighted by Crippen LogP contribution is 2.19. The van der Waals surface area contributed by atoms with Gasteiger partial charge in [-0.1, -0.05) is 48.5 Å². The van der Waals surface area contributed by atoms with Crippen molar-refractivity contribution in [2.75, 3.05) is 11.6 Å². The van der Waals surface area contributed by atoms with E-state index < -0.39 is 6.04 Å². The Morgan fingerprint density at radius 3 is 2.25 bits per heavy atom. The largest absolute Gasteiger partial charge is 0.345 e. The molecule has 0 bridgehead atoms. The summed E-state index contributed by atoms with van der Waals surface area (Å²) < 4.78 is 0. The van der Waals surface area contributed by atoms with E-state index in [1.807, 2.05) is 66.9 Å². The van der Waals surface area contributed by atoms with E-state index in [1.54, 1.807) is 18.3 Å². The molecule has 28 heavy (non-hydrogen) atoms. The Morgan fingerprint density at radius 2 is 1.64 bits per heavy atom. The predicted molar refractivity (Wildman–Crippen MR) is 112 cm³/mol. The topological polar surface area (TPSA) is 71.1 Å². The monoisotopic (exact) mass is 391 g/mol. The Labute approximate surface area is 168 Å². The van der Waals surface area contributed by atoms with Crippen LogP contribution in [0.5, 0.6) is 0 Å². The summed E-state index contributed by atoms with van der Waals surface area (Å²) in [5, 5.41) is 6.69. The van der Waals surface area contributed by atoms with E-state index in [-0.39, 0.29) is 18.2 Å². The van der Waals surface area contributed by atoms with Crippen LogP contribution in [0.2, 0.25) is 0 Å². The Morgan fingerprint density at radius 1 is 0.964 bits per heavy atom. The molecule has 1 heterocycles. The van der Waals surface area contributed by atoms with E-state index in [0.29, 0.717) is 11.3 Å². The fourth-order valence-electron chi connectivity index (χ4n) is 2.74. The second-order valence-electron chi connectivity index (χ2n) is 6.14. The minimum absolute atomic E-state index is 0.118. The van der Waals surface area contributed by atoms with Crippen molar-refractivity contribution < 1.29 is 9.59 Å². The number of anilines is 1. The van der Waals surface area contributed by atoms with Crippen molar-refractivity contribution in [1.29, 1.82) is 0 Å². The lowest BCUT2D eigenvalue weighted by Gasteiger charge is -2.19. The van der Waals surface area contributed by atoms with Crippen LogP contribution in [0.15, 0.2) is 84.0 Å². The van der Waals surface area contributed by atoms with Crippen molar-refractivity contribution in [2.45, 2.75) is 17.5 Å². The summed E-state index contributed by atoms with van der Waals surface area (Å²) in [5.41, 5.74) is 2.06. The summed E-state index contributed by atoms with van der Waals surface area (Å²) in [6, 6.07) is 21.7. The molecule has 3 rings (SSSR count). The number of amides is 2. The number of rotatable bonds is 7. The van der Waals surface area contributed by atoms with Gasteiger partial charge in [-0.05, 0) is 36.1 Å². The maximum Gasteiger partial charge on any atom is 0.251 e. The number of nitrogens with one attached hydrogen (secondary N) is 2. The summed E-state index contributed by atoms with van der Waals surface area (Å²) in [7, 11) is 0. The van der Waals surface area contributed by atoms with Gasteiger partial charge in [0.15, 0.2) is 0 Å². The van der Waals surface area contributed by atoms with Crippen LogP contribution in [-0.4, -0.2) is 23.1 Å². The van der Waals surface area contributed by atoms with Crippen LogP contribution >= 0.6 is 11.8 Å². The Bertz CT molecular complexity index is 916. The van der Waals surface area contributed by atoms with Gasteiger partial charge in [-0.15, -0.1) is 11.8 Å². The lowest BCUT2D eigenvalue weighted by Crippen LogP contribution is -2.31. The van der Waals surface area contributed by atoms with Gasteiger partial charge in [0.2, 0.25) is 5.91 Å². The minimum atomic E-state index is -0.438. The van der Waals surface area contributed by atoms with Gasteiger partial charge in [0.05, 0.1) is 29.4 Å². The van der Waals surface area contributed by atoms with Gasteiger partial charge in [0, 0.05) is 5.56 Å². The summed E-state index contributed by atoms with van der Waals surface area (Å²) in [6.07, 6.45) is 3.69. The third-order valence-electron chi connectivity index (χ3n) is 4.16. The normalized spacial score (nSPS) is 11.5. The van der Waals surface area contributed by atoms with E-state index in [4.69, 9.17) is 0 Å². The predicted octanol–water partition coefficient (Wildman–Crippen LogP) is 4.30. The molecule has 1 unspecified atom stereocenters. The zero-order valence-electron chi connectivity index (χ0n) is 15.5. The van der Waals surface area contributed by atoms with Crippen LogP contribution in [0.25, 0.3) is 0 Å². The van der Waals surface area contributed by atoms with Crippen LogP contribution in [-0.2, 0) is 4.79 Å². The maximum absolute atomic E-state index is 12.6. The summed E-state index contributed by atoms with van der Waals surface area (Å²) in [6.45, 7) is 0. The molecule has 142 valence electrons. The van der Waals surface area contributed by atoms with Gasteiger partial charge in [0.25, 0.3) is 5.91 Å². The van der Waals surface area contributed by atoms with Crippen molar-refractivity contribution in [1.82, 2.24) is 10.3 Å². The molecule has 3 aromatic rings. The first-order valence-electron chi connectivity index (χ1n) is 8.86. The average molecular weight is 391 g/mol. The fraction of sp³-hybridized carbons (Fsp3) is 0.136. The van der Waals surface area contributed by atoms with E-state index >= 15 is 0 Å². The fourth-order valence-corrected chi connectivity index (χ4v) is 3.10. The molecule has 0 aliphatic heterocycles. The van der Waals surface area contributed by atoms with Crippen molar-refractivity contribution >= 4 is 29.3 Å². The van der Waals surface area contributed by atoms with E-state index in [1.165, 1.54) is 11.8 Å². The lowest BCUT2D eigenvalue weighted by molar-refractivity contribution is -0.116. The Hall–Kier alpha value is -3.12. The van der Waals surface area contributed by atoms with Gasteiger partial charge in [-0.2, -0.15) is 0 Å². The van der Waals surface area contributed by atoms with Crippen LogP contribution in [0.4, 0.5) is 5.69 Å². The van der Waals surface area contributed by atoms with Gasteiger partial charge < -0.3 is 10.6 Å². The average Bonchev–Trinajstić information content (AvgIpc) is 2.75. The molecule has 0 spiro atoms. The van der Waals surface area contributed by atoms with E-state index in [2.05, 4.69) is 15.6 Å². The third kappa shape index (κ3) is 5.44. The van der Waals surface area contributed by atoms with Crippen molar-refractivity contribution in [2.24, 2.45) is 0 Å². The van der Waals surface area contributed by atoms with Crippen molar-refractivity contribution in [3.63, 3.8) is 0 Å². The van der Waals surface area contributed by atoms with E-state index in [0.717, 1.165) is 10.6 Å². The lowest BCUT2D eigenvalue weighted by atomic mass is 10.0. The molecule has 5 nitrogen and oxygen atoms in total. The number of pyridine rings is 1. The molecule has 0 aliphatic rings.